The Morgan fingerprint density at radius 1 is 0.446 bits per heavy atom. The van der Waals surface area contributed by atoms with Crippen LogP contribution in [-0.4, -0.2) is 38.4 Å². The summed E-state index contributed by atoms with van der Waals surface area (Å²) in [4.78, 5) is 25.1. The Labute approximate surface area is 326 Å². The van der Waals surface area contributed by atoms with E-state index in [0.717, 1.165) is 69.5 Å². The highest BCUT2D eigenvalue weighted by Gasteiger charge is 2.31. The van der Waals surface area contributed by atoms with E-state index >= 15 is 0 Å². The first-order chi connectivity index (χ1) is 27.5. The minimum absolute atomic E-state index is 0.201. The maximum absolute atomic E-state index is 12.5. The van der Waals surface area contributed by atoms with E-state index in [1.54, 1.807) is 26.0 Å². The molecule has 10 nitrogen and oxygen atoms in total. The summed E-state index contributed by atoms with van der Waals surface area (Å²) in [6.07, 6.45) is 8.85. The Morgan fingerprint density at radius 3 is 1.14 bits per heavy atom. The molecule has 8 rings (SSSR count). The van der Waals surface area contributed by atoms with Crippen LogP contribution in [0, 0.1) is 0 Å². The van der Waals surface area contributed by atoms with Gasteiger partial charge in [-0.15, -0.1) is 0 Å². The van der Waals surface area contributed by atoms with Crippen LogP contribution in [0.15, 0.2) is 60.7 Å². The topological polar surface area (TPSA) is 108 Å². The van der Waals surface area contributed by atoms with Crippen molar-refractivity contribution in [3.63, 3.8) is 0 Å². The zero-order valence-corrected chi connectivity index (χ0v) is 32.2. The molecule has 0 saturated heterocycles. The fraction of sp³-hybridized carbons (Fsp3) is 0.391. The molecule has 0 saturated carbocycles. The van der Waals surface area contributed by atoms with E-state index in [-0.39, 0.29) is 38.4 Å². The first-order valence-corrected chi connectivity index (χ1v) is 20.0. The molecule has 2 bridgehead atoms. The van der Waals surface area contributed by atoms with E-state index < -0.39 is 0 Å². The Kier molecular flexibility index (Phi) is 11.3. The van der Waals surface area contributed by atoms with Gasteiger partial charge in [-0.3, -0.25) is 0 Å². The zero-order chi connectivity index (χ0) is 38.4. The highest BCUT2D eigenvalue weighted by molar-refractivity contribution is 5.97. The maximum Gasteiger partial charge on any atom is 0.338 e. The molecule has 10 heteroatoms. The lowest BCUT2D eigenvalue weighted by Crippen LogP contribution is -2.20. The summed E-state index contributed by atoms with van der Waals surface area (Å²) < 4.78 is 50.4. The van der Waals surface area contributed by atoms with Gasteiger partial charge in [0.15, 0.2) is 23.0 Å². The third-order valence-electron chi connectivity index (χ3n) is 10.7. The van der Waals surface area contributed by atoms with E-state index in [2.05, 4.69) is 0 Å². The van der Waals surface area contributed by atoms with Crippen LogP contribution in [0.3, 0.4) is 0 Å². The maximum atomic E-state index is 12.5. The fourth-order valence-corrected chi connectivity index (χ4v) is 7.73. The third-order valence-corrected chi connectivity index (χ3v) is 10.7. The molecule has 5 aromatic carbocycles. The van der Waals surface area contributed by atoms with Gasteiger partial charge in [-0.1, -0.05) is 50.7 Å². The standard InChI is InChI=1S/C46H48O10/c1-3-49-45(47)31-15-13-29-21-39-41(23-33(29)19-31)55-27-37-35(25-53-39)43-36-26-54-40-22-30-14-16-32(46(48)50-4-2)20-34(30)24-42(40)56-28-38(36)44(37)52-18-12-10-8-6-5-7-9-11-17-51-43/h13-16,19-24H,3-12,17-18,25-28H2,1-2H3. The van der Waals surface area contributed by atoms with Gasteiger partial charge in [0.05, 0.1) is 37.6 Å². The summed E-state index contributed by atoms with van der Waals surface area (Å²) in [5.41, 5.74) is 4.37. The summed E-state index contributed by atoms with van der Waals surface area (Å²) >= 11 is 0. The van der Waals surface area contributed by atoms with Crippen molar-refractivity contribution in [1.82, 2.24) is 0 Å². The smallest absolute Gasteiger partial charge is 0.338 e. The average Bonchev–Trinajstić information content (AvgIpc) is 3.19. The predicted molar refractivity (Wildman–Crippen MR) is 212 cm³/mol. The highest BCUT2D eigenvalue weighted by atomic mass is 16.5. The van der Waals surface area contributed by atoms with Crippen molar-refractivity contribution < 1.29 is 47.5 Å². The van der Waals surface area contributed by atoms with Gasteiger partial charge in [-0.05, 0) is 96.8 Å². The van der Waals surface area contributed by atoms with Crippen LogP contribution in [0.5, 0.6) is 34.5 Å². The molecule has 3 heterocycles. The zero-order valence-electron chi connectivity index (χ0n) is 32.2. The molecule has 0 amide bonds. The van der Waals surface area contributed by atoms with Gasteiger partial charge in [0.2, 0.25) is 0 Å². The van der Waals surface area contributed by atoms with Crippen LogP contribution >= 0.6 is 0 Å². The van der Waals surface area contributed by atoms with E-state index in [1.165, 1.54) is 25.7 Å². The van der Waals surface area contributed by atoms with E-state index in [9.17, 15) is 9.59 Å². The molecule has 292 valence electrons. The number of hydrogen-bond acceptors (Lipinski definition) is 10. The molecule has 0 atom stereocenters. The van der Waals surface area contributed by atoms with Crippen molar-refractivity contribution >= 4 is 33.5 Å². The summed E-state index contributed by atoms with van der Waals surface area (Å²) in [5.74, 6) is 3.00. The molecule has 56 heavy (non-hydrogen) atoms. The molecule has 0 aromatic heterocycles. The number of carbonyl (C=O) groups is 2. The Bertz CT molecular complexity index is 2120. The van der Waals surface area contributed by atoms with Crippen molar-refractivity contribution in [2.45, 2.75) is 91.6 Å². The second kappa shape index (κ2) is 17.0. The first-order valence-electron chi connectivity index (χ1n) is 20.0. The second-order valence-electron chi connectivity index (χ2n) is 14.4. The van der Waals surface area contributed by atoms with Crippen molar-refractivity contribution in [3.8, 4) is 34.5 Å². The van der Waals surface area contributed by atoms with Gasteiger partial charge in [0.25, 0.3) is 0 Å². The molecule has 0 spiro atoms. The van der Waals surface area contributed by atoms with Crippen LogP contribution in [0.4, 0.5) is 0 Å². The van der Waals surface area contributed by atoms with Crippen molar-refractivity contribution in [1.29, 1.82) is 0 Å². The number of carbonyl (C=O) groups excluding carboxylic acids is 2. The van der Waals surface area contributed by atoms with Gasteiger partial charge in [-0.2, -0.15) is 0 Å². The molecule has 5 aromatic rings. The molecule has 0 radical (unpaired) electrons. The van der Waals surface area contributed by atoms with E-state index in [4.69, 9.17) is 37.9 Å². The van der Waals surface area contributed by atoms with Gasteiger partial charge in [0.1, 0.15) is 37.9 Å². The normalized spacial score (nSPS) is 15.8. The quantitative estimate of drug-likeness (QED) is 0.164. The van der Waals surface area contributed by atoms with Crippen LogP contribution in [-0.2, 0) is 35.9 Å². The summed E-state index contributed by atoms with van der Waals surface area (Å²) in [7, 11) is 0. The minimum Gasteiger partial charge on any atom is -0.493 e. The van der Waals surface area contributed by atoms with Gasteiger partial charge < -0.3 is 37.9 Å². The average molecular weight is 761 g/mol. The summed E-state index contributed by atoms with van der Waals surface area (Å²) in [5, 5.41) is 3.50. The molecule has 0 N–H and O–H groups in total. The Hall–Kier alpha value is -5.64. The van der Waals surface area contributed by atoms with Crippen LogP contribution in [0.1, 0.15) is 108 Å². The van der Waals surface area contributed by atoms with Crippen molar-refractivity contribution in [2.24, 2.45) is 0 Å². The van der Waals surface area contributed by atoms with Crippen molar-refractivity contribution in [2.75, 3.05) is 26.4 Å². The molecule has 3 aliphatic heterocycles. The Morgan fingerprint density at radius 2 is 0.786 bits per heavy atom. The molecule has 3 aliphatic rings. The number of fused-ring (bicyclic) bond motifs is 7. The third kappa shape index (κ3) is 7.88. The van der Waals surface area contributed by atoms with Crippen LogP contribution in [0.2, 0.25) is 0 Å². The van der Waals surface area contributed by atoms with Crippen molar-refractivity contribution in [3.05, 3.63) is 94.0 Å². The lowest BCUT2D eigenvalue weighted by Gasteiger charge is -2.30. The monoisotopic (exact) mass is 760 g/mol. The molecular formula is C46H48O10. The number of ether oxygens (including phenoxy) is 8. The SMILES string of the molecule is CCOC(=O)c1ccc2cc3c(cc2c1)OCc1c(c2c4c(c1OCCCCCCCCCCO2)COc1cc2cc(C(=O)OCC)ccc2cc1OC4)CO3. The van der Waals surface area contributed by atoms with Gasteiger partial charge in [-0.25, -0.2) is 9.59 Å². The minimum atomic E-state index is -0.368. The molecule has 0 aliphatic carbocycles. The number of esters is 2. The second-order valence-corrected chi connectivity index (χ2v) is 14.4. The summed E-state index contributed by atoms with van der Waals surface area (Å²) in [6.45, 7) is 6.13. The van der Waals surface area contributed by atoms with E-state index in [0.29, 0.717) is 72.1 Å². The molecular weight excluding hydrogens is 712 g/mol. The summed E-state index contributed by atoms with van der Waals surface area (Å²) in [6, 6.07) is 18.7. The van der Waals surface area contributed by atoms with E-state index in [1.807, 2.05) is 48.5 Å². The number of hydrogen-bond donors (Lipinski definition) is 0. The number of rotatable bonds is 4. The van der Waals surface area contributed by atoms with Crippen LogP contribution in [0.25, 0.3) is 21.5 Å². The van der Waals surface area contributed by atoms with Gasteiger partial charge >= 0.3 is 11.9 Å². The van der Waals surface area contributed by atoms with Crippen LogP contribution < -0.4 is 28.4 Å². The lowest BCUT2D eigenvalue weighted by atomic mass is 9.95. The predicted octanol–water partition coefficient (Wildman–Crippen LogP) is 10.2. The fourth-order valence-electron chi connectivity index (χ4n) is 7.73. The molecule has 0 unspecified atom stereocenters. The highest BCUT2D eigenvalue weighted by Crippen LogP contribution is 2.46. The van der Waals surface area contributed by atoms with Gasteiger partial charge in [0, 0.05) is 22.3 Å². The number of benzene rings is 5. The lowest BCUT2D eigenvalue weighted by molar-refractivity contribution is 0.0517. The largest absolute Gasteiger partial charge is 0.493 e. The molecule has 0 fully saturated rings. The first kappa shape index (κ1) is 37.3. The Balaban J connectivity index is 1.19.